The number of hydrogen-bond donors (Lipinski definition) is 2. The van der Waals surface area contributed by atoms with E-state index in [1.54, 1.807) is 12.4 Å². The third-order valence-corrected chi connectivity index (χ3v) is 3.70. The second-order valence-corrected chi connectivity index (χ2v) is 5.16. The molecule has 1 aromatic heterocycles. The van der Waals surface area contributed by atoms with Gasteiger partial charge < -0.3 is 16.0 Å². The van der Waals surface area contributed by atoms with Crippen molar-refractivity contribution < 1.29 is 4.79 Å². The molecule has 2 amide bonds. The second kappa shape index (κ2) is 5.83. The largest absolute Gasteiger partial charge is 0.397 e. The van der Waals surface area contributed by atoms with Crippen LogP contribution in [0.4, 0.5) is 16.2 Å². The lowest BCUT2D eigenvalue weighted by Gasteiger charge is -2.17. The van der Waals surface area contributed by atoms with Crippen molar-refractivity contribution in [1.82, 2.24) is 9.88 Å². The number of nitrogens with one attached hydrogen (secondary N) is 1. The van der Waals surface area contributed by atoms with Gasteiger partial charge in [-0.25, -0.2) is 4.79 Å². The van der Waals surface area contributed by atoms with Crippen molar-refractivity contribution in [1.29, 1.82) is 0 Å². The summed E-state index contributed by atoms with van der Waals surface area (Å²) in [5.74, 6) is 0. The van der Waals surface area contributed by atoms with Crippen molar-refractivity contribution >= 4 is 17.4 Å². The zero-order valence-corrected chi connectivity index (χ0v) is 11.7. The monoisotopic (exact) mass is 282 g/mol. The number of nitrogens with two attached hydrogens (primary N) is 1. The molecule has 2 aromatic rings. The first-order valence-electron chi connectivity index (χ1n) is 7.10. The number of likely N-dealkylation sites (tertiary alicyclic amines) is 1. The molecular weight excluding hydrogens is 264 g/mol. The number of nitrogens with zero attached hydrogens (tertiary/aromatic N) is 2. The summed E-state index contributed by atoms with van der Waals surface area (Å²) in [7, 11) is 0. The number of aromatic nitrogens is 1. The fourth-order valence-electron chi connectivity index (χ4n) is 2.50. The van der Waals surface area contributed by atoms with E-state index in [0.29, 0.717) is 11.4 Å². The Bertz CT molecular complexity index is 636. The van der Waals surface area contributed by atoms with Crippen LogP contribution in [0.2, 0.25) is 0 Å². The van der Waals surface area contributed by atoms with Gasteiger partial charge in [0.05, 0.1) is 11.4 Å². The molecule has 3 N–H and O–H groups in total. The number of benzene rings is 1. The van der Waals surface area contributed by atoms with Crippen LogP contribution in [0.15, 0.2) is 42.7 Å². The molecule has 2 heterocycles. The van der Waals surface area contributed by atoms with Crippen LogP contribution in [0.1, 0.15) is 12.8 Å². The van der Waals surface area contributed by atoms with Crippen LogP contribution in [0.25, 0.3) is 11.1 Å². The Morgan fingerprint density at radius 1 is 1.10 bits per heavy atom. The van der Waals surface area contributed by atoms with Crippen molar-refractivity contribution in [3.05, 3.63) is 42.7 Å². The Morgan fingerprint density at radius 2 is 1.81 bits per heavy atom. The van der Waals surface area contributed by atoms with Gasteiger partial charge in [-0.05, 0) is 48.2 Å². The molecule has 5 nitrogen and oxygen atoms in total. The summed E-state index contributed by atoms with van der Waals surface area (Å²) in [5, 5.41) is 2.91. The summed E-state index contributed by atoms with van der Waals surface area (Å²) in [6.45, 7) is 1.63. The van der Waals surface area contributed by atoms with Crippen LogP contribution < -0.4 is 11.1 Å². The zero-order chi connectivity index (χ0) is 14.7. The number of anilines is 2. The van der Waals surface area contributed by atoms with Crippen LogP contribution >= 0.6 is 0 Å². The quantitative estimate of drug-likeness (QED) is 0.832. The molecule has 108 valence electrons. The molecule has 3 rings (SSSR count). The standard InChI is InChI=1S/C16H18N4O/c17-14-4-3-13(12-5-7-18-8-6-12)11-15(14)19-16(21)20-9-1-2-10-20/h3-8,11H,1-2,9-10,17H2,(H,19,21). The molecule has 0 atom stereocenters. The summed E-state index contributed by atoms with van der Waals surface area (Å²) < 4.78 is 0. The van der Waals surface area contributed by atoms with E-state index in [-0.39, 0.29) is 6.03 Å². The molecule has 5 heteroatoms. The van der Waals surface area contributed by atoms with E-state index in [1.807, 2.05) is 35.2 Å². The van der Waals surface area contributed by atoms with Crippen molar-refractivity contribution in [3.63, 3.8) is 0 Å². The van der Waals surface area contributed by atoms with Gasteiger partial charge in [0.15, 0.2) is 0 Å². The summed E-state index contributed by atoms with van der Waals surface area (Å²) in [6, 6.07) is 9.44. The maximum absolute atomic E-state index is 12.2. The number of nitrogen functional groups attached to an aromatic ring is 1. The highest BCUT2D eigenvalue weighted by Gasteiger charge is 2.18. The molecule has 0 unspecified atom stereocenters. The fraction of sp³-hybridized carbons (Fsp3) is 0.250. The first kappa shape index (κ1) is 13.4. The number of hydrogen-bond acceptors (Lipinski definition) is 3. The lowest BCUT2D eigenvalue weighted by molar-refractivity contribution is 0.222. The maximum Gasteiger partial charge on any atom is 0.321 e. The van der Waals surface area contributed by atoms with Gasteiger partial charge >= 0.3 is 6.03 Å². The Hall–Kier alpha value is -2.56. The van der Waals surface area contributed by atoms with Crippen molar-refractivity contribution in [2.75, 3.05) is 24.1 Å². The number of carbonyl (C=O) groups is 1. The normalized spacial score (nSPS) is 14.2. The number of pyridine rings is 1. The van der Waals surface area contributed by atoms with E-state index in [9.17, 15) is 4.79 Å². The zero-order valence-electron chi connectivity index (χ0n) is 11.7. The van der Waals surface area contributed by atoms with E-state index >= 15 is 0 Å². The smallest absolute Gasteiger partial charge is 0.321 e. The van der Waals surface area contributed by atoms with Crippen molar-refractivity contribution in [2.45, 2.75) is 12.8 Å². The fourth-order valence-corrected chi connectivity index (χ4v) is 2.50. The highest BCUT2D eigenvalue weighted by atomic mass is 16.2. The minimum Gasteiger partial charge on any atom is -0.397 e. The van der Waals surface area contributed by atoms with Gasteiger partial charge in [0.2, 0.25) is 0 Å². The number of rotatable bonds is 2. The number of carbonyl (C=O) groups excluding carboxylic acids is 1. The van der Waals surface area contributed by atoms with Gasteiger partial charge in [-0.1, -0.05) is 6.07 Å². The van der Waals surface area contributed by atoms with E-state index in [0.717, 1.165) is 37.1 Å². The van der Waals surface area contributed by atoms with Gasteiger partial charge in [-0.3, -0.25) is 4.98 Å². The van der Waals surface area contributed by atoms with Crippen molar-refractivity contribution in [3.8, 4) is 11.1 Å². The minimum absolute atomic E-state index is 0.0777. The topological polar surface area (TPSA) is 71.2 Å². The lowest BCUT2D eigenvalue weighted by atomic mass is 10.1. The van der Waals surface area contributed by atoms with E-state index in [2.05, 4.69) is 10.3 Å². The van der Waals surface area contributed by atoms with Crippen LogP contribution in [-0.2, 0) is 0 Å². The average molecular weight is 282 g/mol. The van der Waals surface area contributed by atoms with Gasteiger partial charge in [0.1, 0.15) is 0 Å². The molecule has 1 aromatic carbocycles. The SMILES string of the molecule is Nc1ccc(-c2ccncc2)cc1NC(=O)N1CCCC1. The third-order valence-electron chi connectivity index (χ3n) is 3.70. The molecule has 1 fully saturated rings. The Kier molecular flexibility index (Phi) is 3.73. The van der Waals surface area contributed by atoms with E-state index in [1.165, 1.54) is 0 Å². The maximum atomic E-state index is 12.2. The lowest BCUT2D eigenvalue weighted by Crippen LogP contribution is -2.32. The second-order valence-electron chi connectivity index (χ2n) is 5.16. The molecule has 1 saturated heterocycles. The summed E-state index contributed by atoms with van der Waals surface area (Å²) >= 11 is 0. The Morgan fingerprint density at radius 3 is 2.52 bits per heavy atom. The molecule has 1 aliphatic heterocycles. The average Bonchev–Trinajstić information content (AvgIpc) is 3.05. The van der Waals surface area contributed by atoms with Crippen LogP contribution in [-0.4, -0.2) is 29.0 Å². The molecule has 1 aliphatic rings. The van der Waals surface area contributed by atoms with Crippen LogP contribution in [0, 0.1) is 0 Å². The first-order valence-corrected chi connectivity index (χ1v) is 7.10. The van der Waals surface area contributed by atoms with Gasteiger partial charge in [0.25, 0.3) is 0 Å². The molecular formula is C16H18N4O. The molecule has 0 radical (unpaired) electrons. The molecule has 0 bridgehead atoms. The Labute approximate surface area is 123 Å². The number of urea groups is 1. The van der Waals surface area contributed by atoms with E-state index < -0.39 is 0 Å². The highest BCUT2D eigenvalue weighted by molar-refractivity contribution is 5.94. The molecule has 0 aliphatic carbocycles. The first-order chi connectivity index (χ1) is 10.2. The van der Waals surface area contributed by atoms with Crippen LogP contribution in [0.3, 0.4) is 0 Å². The molecule has 0 spiro atoms. The van der Waals surface area contributed by atoms with Gasteiger partial charge in [-0.2, -0.15) is 0 Å². The van der Waals surface area contributed by atoms with Gasteiger partial charge in [-0.15, -0.1) is 0 Å². The summed E-state index contributed by atoms with van der Waals surface area (Å²) in [5.41, 5.74) is 9.24. The molecule has 0 saturated carbocycles. The minimum atomic E-state index is -0.0777. The highest BCUT2D eigenvalue weighted by Crippen LogP contribution is 2.27. The van der Waals surface area contributed by atoms with Crippen LogP contribution in [0.5, 0.6) is 0 Å². The predicted octanol–water partition coefficient (Wildman–Crippen LogP) is 2.96. The summed E-state index contributed by atoms with van der Waals surface area (Å²) in [4.78, 5) is 18.0. The summed E-state index contributed by atoms with van der Waals surface area (Å²) in [6.07, 6.45) is 5.63. The van der Waals surface area contributed by atoms with E-state index in [4.69, 9.17) is 5.73 Å². The van der Waals surface area contributed by atoms with Gasteiger partial charge in [0, 0.05) is 25.5 Å². The third kappa shape index (κ3) is 2.97. The molecule has 21 heavy (non-hydrogen) atoms. The predicted molar refractivity (Wildman–Crippen MR) is 83.9 cm³/mol. The Balaban J connectivity index is 1.83. The number of amides is 2. The van der Waals surface area contributed by atoms with Crippen molar-refractivity contribution in [2.24, 2.45) is 0 Å².